The number of carbonyl (C=O) groups is 2. The van der Waals surface area contributed by atoms with Gasteiger partial charge in [-0.3, -0.25) is 4.79 Å². The van der Waals surface area contributed by atoms with Crippen LogP contribution in [0.5, 0.6) is 0 Å². The van der Waals surface area contributed by atoms with Crippen molar-refractivity contribution in [3.05, 3.63) is 0 Å². The smallest absolute Gasteiger partial charge is 0.405 e. The third-order valence-corrected chi connectivity index (χ3v) is 5.36. The summed E-state index contributed by atoms with van der Waals surface area (Å²) in [4.78, 5) is 23.0. The fourth-order valence-electron chi connectivity index (χ4n) is 3.23. The van der Waals surface area contributed by atoms with Crippen molar-refractivity contribution in [2.45, 2.75) is 117 Å². The summed E-state index contributed by atoms with van der Waals surface area (Å²) in [6.07, 6.45) is 8.88. The molecule has 0 fully saturated rings. The van der Waals surface area contributed by atoms with Crippen LogP contribution < -0.4 is 10.6 Å². The van der Waals surface area contributed by atoms with Crippen LogP contribution in [0.2, 0.25) is 0 Å². The molecule has 0 saturated heterocycles. The zero-order chi connectivity index (χ0) is 23.8. The fourth-order valence-corrected chi connectivity index (χ4v) is 3.23. The van der Waals surface area contributed by atoms with E-state index in [2.05, 4.69) is 36.3 Å². The van der Waals surface area contributed by atoms with Crippen molar-refractivity contribution in [1.29, 1.82) is 0 Å². The standard InChI is InChI=1S/C25H46N2O4/c1-7-9-11-14-21(13-10-8-2)15-12-19-26-22(28)16-17-25(5,6)31-20-18-24(3,4)27-23(29)30/h21,27H,7-11,13-14,16-20H2,1-6H3,(H,26,28)(H,29,30). The Labute approximate surface area is 190 Å². The quantitative estimate of drug-likeness (QED) is 0.219. The van der Waals surface area contributed by atoms with Crippen LogP contribution in [0, 0.1) is 17.8 Å². The third kappa shape index (κ3) is 17.6. The highest BCUT2D eigenvalue weighted by molar-refractivity contribution is 5.76. The summed E-state index contributed by atoms with van der Waals surface area (Å²) in [5.41, 5.74) is -1.00. The van der Waals surface area contributed by atoms with E-state index in [1.54, 1.807) is 0 Å². The van der Waals surface area contributed by atoms with E-state index < -0.39 is 17.2 Å². The maximum absolute atomic E-state index is 12.2. The molecule has 0 aliphatic carbocycles. The van der Waals surface area contributed by atoms with Gasteiger partial charge in [-0.05, 0) is 53.4 Å². The van der Waals surface area contributed by atoms with Crippen molar-refractivity contribution in [3.8, 4) is 11.8 Å². The molecule has 1 atom stereocenters. The molecule has 0 spiro atoms. The summed E-state index contributed by atoms with van der Waals surface area (Å²) in [5, 5.41) is 14.2. The van der Waals surface area contributed by atoms with Crippen molar-refractivity contribution in [2.24, 2.45) is 5.92 Å². The van der Waals surface area contributed by atoms with E-state index in [1.807, 2.05) is 27.7 Å². The molecule has 0 rings (SSSR count). The molecule has 31 heavy (non-hydrogen) atoms. The number of carbonyl (C=O) groups excluding carboxylic acids is 1. The van der Waals surface area contributed by atoms with Crippen LogP contribution in [0.1, 0.15) is 106 Å². The van der Waals surface area contributed by atoms with Crippen LogP contribution in [0.15, 0.2) is 0 Å². The van der Waals surface area contributed by atoms with Gasteiger partial charge in [-0.15, -0.1) is 0 Å². The average Bonchev–Trinajstić information content (AvgIpc) is 2.66. The lowest BCUT2D eigenvalue weighted by molar-refractivity contribution is -0.122. The van der Waals surface area contributed by atoms with E-state index in [0.717, 1.165) is 12.8 Å². The minimum absolute atomic E-state index is 0.0186. The van der Waals surface area contributed by atoms with Crippen molar-refractivity contribution < 1.29 is 19.4 Å². The van der Waals surface area contributed by atoms with E-state index in [1.165, 1.54) is 32.1 Å². The van der Waals surface area contributed by atoms with Gasteiger partial charge < -0.3 is 20.5 Å². The molecule has 0 aromatic heterocycles. The van der Waals surface area contributed by atoms with Crippen LogP contribution >= 0.6 is 0 Å². The van der Waals surface area contributed by atoms with Crippen LogP contribution in [0.25, 0.3) is 0 Å². The summed E-state index contributed by atoms with van der Waals surface area (Å²) in [6.45, 7) is 12.8. The lowest BCUT2D eigenvalue weighted by atomic mass is 9.96. The Morgan fingerprint density at radius 2 is 1.65 bits per heavy atom. The molecule has 6 heteroatoms. The molecule has 0 saturated carbocycles. The summed E-state index contributed by atoms with van der Waals surface area (Å²) in [6, 6.07) is 0. The number of ether oxygens (including phenoxy) is 1. The lowest BCUT2D eigenvalue weighted by Crippen LogP contribution is -2.44. The number of carboxylic acid groups (broad SMARTS) is 1. The molecule has 0 aromatic rings. The van der Waals surface area contributed by atoms with E-state index >= 15 is 0 Å². The first-order valence-electron chi connectivity index (χ1n) is 11.9. The monoisotopic (exact) mass is 438 g/mol. The highest BCUT2D eigenvalue weighted by Gasteiger charge is 2.24. The Morgan fingerprint density at radius 3 is 2.26 bits per heavy atom. The molecular formula is C25H46N2O4. The van der Waals surface area contributed by atoms with Gasteiger partial charge in [0, 0.05) is 24.5 Å². The normalized spacial score (nSPS) is 12.6. The van der Waals surface area contributed by atoms with Gasteiger partial charge in [0.1, 0.15) is 0 Å². The molecule has 0 bridgehead atoms. The number of hydrogen-bond acceptors (Lipinski definition) is 3. The maximum Gasteiger partial charge on any atom is 0.405 e. The van der Waals surface area contributed by atoms with E-state index in [9.17, 15) is 9.59 Å². The third-order valence-electron chi connectivity index (χ3n) is 5.36. The zero-order valence-corrected chi connectivity index (χ0v) is 20.7. The number of hydrogen-bond donors (Lipinski definition) is 3. The van der Waals surface area contributed by atoms with Gasteiger partial charge in [0.2, 0.25) is 5.91 Å². The molecule has 0 aliphatic heterocycles. The van der Waals surface area contributed by atoms with Gasteiger partial charge in [0.25, 0.3) is 0 Å². The van der Waals surface area contributed by atoms with Crippen molar-refractivity contribution in [3.63, 3.8) is 0 Å². The van der Waals surface area contributed by atoms with E-state index in [4.69, 9.17) is 9.84 Å². The van der Waals surface area contributed by atoms with Crippen LogP contribution in [0.3, 0.4) is 0 Å². The summed E-state index contributed by atoms with van der Waals surface area (Å²) in [7, 11) is 0. The van der Waals surface area contributed by atoms with Gasteiger partial charge >= 0.3 is 6.09 Å². The van der Waals surface area contributed by atoms with Gasteiger partial charge in [-0.1, -0.05) is 57.8 Å². The second kappa shape index (κ2) is 16.0. The largest absolute Gasteiger partial charge is 0.465 e. The first kappa shape index (κ1) is 29.3. The minimum atomic E-state index is -1.04. The molecule has 1 unspecified atom stereocenters. The predicted molar refractivity (Wildman–Crippen MR) is 127 cm³/mol. The molecule has 0 heterocycles. The maximum atomic E-state index is 12.2. The molecule has 0 aliphatic rings. The second-order valence-corrected chi connectivity index (χ2v) is 9.60. The van der Waals surface area contributed by atoms with Gasteiger partial charge in [0.15, 0.2) is 0 Å². The molecule has 180 valence electrons. The molecular weight excluding hydrogens is 392 g/mol. The predicted octanol–water partition coefficient (Wildman–Crippen LogP) is 5.50. The number of nitrogens with one attached hydrogen (secondary N) is 2. The van der Waals surface area contributed by atoms with Crippen LogP contribution in [0.4, 0.5) is 4.79 Å². The van der Waals surface area contributed by atoms with Crippen molar-refractivity contribution in [1.82, 2.24) is 10.6 Å². The second-order valence-electron chi connectivity index (χ2n) is 9.60. The van der Waals surface area contributed by atoms with Crippen LogP contribution in [-0.2, 0) is 9.53 Å². The SMILES string of the molecule is CCCCCC(C#CCNC(=O)CCC(C)(C)OCCC(C)(C)NC(=O)O)CCCC. The molecule has 3 N–H and O–H groups in total. The highest BCUT2D eigenvalue weighted by atomic mass is 16.5. The van der Waals surface area contributed by atoms with E-state index in [-0.39, 0.29) is 5.91 Å². The van der Waals surface area contributed by atoms with Gasteiger partial charge in [-0.25, -0.2) is 4.79 Å². The Balaban J connectivity index is 4.25. The molecule has 0 radical (unpaired) electrons. The Kier molecular flexibility index (Phi) is 15.1. The topological polar surface area (TPSA) is 87.7 Å². The Bertz CT molecular complexity index is 576. The molecule has 2 amide bonds. The average molecular weight is 439 g/mol. The minimum Gasteiger partial charge on any atom is -0.465 e. The van der Waals surface area contributed by atoms with Crippen molar-refractivity contribution >= 4 is 12.0 Å². The highest BCUT2D eigenvalue weighted by Crippen LogP contribution is 2.19. The first-order valence-corrected chi connectivity index (χ1v) is 11.9. The van der Waals surface area contributed by atoms with Crippen LogP contribution in [-0.4, -0.2) is 41.4 Å². The van der Waals surface area contributed by atoms with Crippen molar-refractivity contribution in [2.75, 3.05) is 13.2 Å². The summed E-state index contributed by atoms with van der Waals surface area (Å²) >= 11 is 0. The summed E-state index contributed by atoms with van der Waals surface area (Å²) < 4.78 is 5.90. The number of rotatable bonds is 16. The first-order chi connectivity index (χ1) is 14.5. The van der Waals surface area contributed by atoms with Gasteiger partial charge in [-0.2, -0.15) is 0 Å². The number of amides is 2. The summed E-state index contributed by atoms with van der Waals surface area (Å²) in [5.74, 6) is 6.93. The molecule has 6 nitrogen and oxygen atoms in total. The Morgan fingerprint density at radius 1 is 1.00 bits per heavy atom. The molecule has 0 aromatic carbocycles. The lowest BCUT2D eigenvalue weighted by Gasteiger charge is -2.29. The van der Waals surface area contributed by atoms with Gasteiger partial charge in [0.05, 0.1) is 12.1 Å². The fraction of sp³-hybridized carbons (Fsp3) is 0.840. The number of unbranched alkanes of at least 4 members (excludes halogenated alkanes) is 3. The zero-order valence-electron chi connectivity index (χ0n) is 20.7. The Hall–Kier alpha value is -1.74. The van der Waals surface area contributed by atoms with E-state index in [0.29, 0.717) is 38.3 Å².